The second-order valence-electron chi connectivity index (χ2n) is 7.57. The van der Waals surface area contributed by atoms with Crippen LogP contribution in [0.4, 0.5) is 0 Å². The first kappa shape index (κ1) is 17.1. The summed E-state index contributed by atoms with van der Waals surface area (Å²) in [5.74, 6) is 0.494. The third-order valence-electron chi connectivity index (χ3n) is 5.95. The second kappa shape index (κ2) is 6.74. The number of nitrogens with zero attached hydrogens (tertiary/aromatic N) is 3. The van der Waals surface area contributed by atoms with Crippen LogP contribution in [0.3, 0.4) is 0 Å². The summed E-state index contributed by atoms with van der Waals surface area (Å²) in [6, 6.07) is 7.01. The zero-order valence-electron chi connectivity index (χ0n) is 15.3. The van der Waals surface area contributed by atoms with Crippen LogP contribution in [-0.4, -0.2) is 60.3 Å². The molecule has 0 radical (unpaired) electrons. The van der Waals surface area contributed by atoms with E-state index in [2.05, 4.69) is 17.1 Å². The number of benzene rings is 1. The number of fused-ring (bicyclic) bond motifs is 1. The molecule has 4 rings (SSSR count). The lowest BCUT2D eigenvalue weighted by molar-refractivity contribution is 0.0659. The number of nitrogens with one attached hydrogen (secondary N) is 1. The molecule has 1 saturated heterocycles. The van der Waals surface area contributed by atoms with Crippen molar-refractivity contribution >= 4 is 17.8 Å². The number of guanidine groups is 1. The van der Waals surface area contributed by atoms with Crippen molar-refractivity contribution in [2.45, 2.75) is 32.6 Å². The molecule has 2 amide bonds. The first-order valence-corrected chi connectivity index (χ1v) is 9.62. The van der Waals surface area contributed by atoms with Gasteiger partial charge in [0, 0.05) is 26.2 Å². The Morgan fingerprint density at radius 2 is 1.85 bits per heavy atom. The maximum atomic E-state index is 12.4. The van der Waals surface area contributed by atoms with Gasteiger partial charge in [0.2, 0.25) is 0 Å². The first-order chi connectivity index (χ1) is 12.6. The molecular weight excluding hydrogens is 328 g/mol. The highest BCUT2D eigenvalue weighted by atomic mass is 16.2. The van der Waals surface area contributed by atoms with Gasteiger partial charge in [-0.05, 0) is 43.7 Å². The maximum absolute atomic E-state index is 12.4. The van der Waals surface area contributed by atoms with Gasteiger partial charge in [-0.25, -0.2) is 0 Å². The SMILES string of the molecule is CCNC(=NCCN1C(=O)c2ccccc2C1=O)N1CCC2(CCC2)C1. The fourth-order valence-electron chi connectivity index (χ4n) is 4.32. The van der Waals surface area contributed by atoms with Crippen molar-refractivity contribution in [2.75, 3.05) is 32.7 Å². The van der Waals surface area contributed by atoms with Gasteiger partial charge in [-0.1, -0.05) is 18.6 Å². The van der Waals surface area contributed by atoms with E-state index in [1.54, 1.807) is 24.3 Å². The molecule has 0 aromatic heterocycles. The van der Waals surface area contributed by atoms with Crippen LogP contribution >= 0.6 is 0 Å². The molecule has 1 aromatic rings. The topological polar surface area (TPSA) is 65.0 Å². The Kier molecular flexibility index (Phi) is 4.42. The number of hydrogen-bond acceptors (Lipinski definition) is 3. The lowest BCUT2D eigenvalue weighted by Gasteiger charge is -2.38. The normalized spacial score (nSPS) is 21.3. The third-order valence-corrected chi connectivity index (χ3v) is 5.95. The first-order valence-electron chi connectivity index (χ1n) is 9.62. The molecule has 0 atom stereocenters. The van der Waals surface area contributed by atoms with E-state index in [1.807, 2.05) is 0 Å². The molecule has 6 heteroatoms. The molecule has 3 aliphatic rings. The van der Waals surface area contributed by atoms with E-state index in [1.165, 1.54) is 30.6 Å². The maximum Gasteiger partial charge on any atom is 0.261 e. The highest BCUT2D eigenvalue weighted by Gasteiger charge is 2.43. The fourth-order valence-corrected chi connectivity index (χ4v) is 4.32. The van der Waals surface area contributed by atoms with Crippen molar-refractivity contribution in [1.82, 2.24) is 15.1 Å². The largest absolute Gasteiger partial charge is 0.357 e. The third kappa shape index (κ3) is 2.87. The van der Waals surface area contributed by atoms with Crippen molar-refractivity contribution in [3.8, 4) is 0 Å². The molecule has 26 heavy (non-hydrogen) atoms. The minimum Gasteiger partial charge on any atom is -0.357 e. The number of hydrogen-bond donors (Lipinski definition) is 1. The monoisotopic (exact) mass is 354 g/mol. The molecule has 2 aliphatic heterocycles. The molecule has 1 aromatic carbocycles. The van der Waals surface area contributed by atoms with Crippen molar-refractivity contribution in [3.63, 3.8) is 0 Å². The Hall–Kier alpha value is -2.37. The number of carbonyl (C=O) groups is 2. The molecule has 1 aliphatic carbocycles. The van der Waals surface area contributed by atoms with E-state index in [0.29, 0.717) is 29.6 Å². The van der Waals surface area contributed by atoms with Crippen LogP contribution in [0, 0.1) is 5.41 Å². The Morgan fingerprint density at radius 1 is 1.15 bits per heavy atom. The van der Waals surface area contributed by atoms with Gasteiger partial charge in [0.25, 0.3) is 11.8 Å². The molecule has 2 fully saturated rings. The summed E-state index contributed by atoms with van der Waals surface area (Å²) < 4.78 is 0. The molecule has 0 bridgehead atoms. The Morgan fingerprint density at radius 3 is 2.38 bits per heavy atom. The summed E-state index contributed by atoms with van der Waals surface area (Å²) in [6.45, 7) is 5.74. The van der Waals surface area contributed by atoms with E-state index >= 15 is 0 Å². The van der Waals surface area contributed by atoms with Crippen LogP contribution in [0.2, 0.25) is 0 Å². The van der Waals surface area contributed by atoms with E-state index in [4.69, 9.17) is 4.99 Å². The lowest BCUT2D eigenvalue weighted by Crippen LogP contribution is -2.43. The van der Waals surface area contributed by atoms with E-state index < -0.39 is 0 Å². The van der Waals surface area contributed by atoms with Crippen molar-refractivity contribution < 1.29 is 9.59 Å². The highest BCUT2D eigenvalue weighted by molar-refractivity contribution is 6.21. The number of rotatable bonds is 4. The number of aliphatic imine (C=N–C) groups is 1. The van der Waals surface area contributed by atoms with E-state index in [-0.39, 0.29) is 11.8 Å². The standard InChI is InChI=1S/C20H26N4O2/c1-2-21-19(23-12-10-20(14-23)8-5-9-20)22-11-13-24-17(25)15-6-3-4-7-16(15)18(24)26/h3-4,6-7H,2,5,8-14H2,1H3,(H,21,22). The second-order valence-corrected chi connectivity index (χ2v) is 7.57. The minimum absolute atomic E-state index is 0.208. The number of carbonyl (C=O) groups excluding carboxylic acids is 2. The van der Waals surface area contributed by atoms with Gasteiger partial charge >= 0.3 is 0 Å². The van der Waals surface area contributed by atoms with Crippen LogP contribution in [0.25, 0.3) is 0 Å². The van der Waals surface area contributed by atoms with Crippen molar-refractivity contribution in [1.29, 1.82) is 0 Å². The summed E-state index contributed by atoms with van der Waals surface area (Å²) in [6.07, 6.45) is 5.26. The van der Waals surface area contributed by atoms with Crippen LogP contribution in [0.1, 0.15) is 53.3 Å². The Balaban J connectivity index is 1.40. The lowest BCUT2D eigenvalue weighted by atomic mass is 9.68. The predicted octanol–water partition coefficient (Wildman–Crippen LogP) is 2.12. The summed E-state index contributed by atoms with van der Waals surface area (Å²) in [5, 5.41) is 3.36. The number of likely N-dealkylation sites (tertiary alicyclic amines) is 1. The molecule has 138 valence electrons. The predicted molar refractivity (Wildman–Crippen MR) is 100 cm³/mol. The van der Waals surface area contributed by atoms with Gasteiger partial charge in [-0.15, -0.1) is 0 Å². The van der Waals surface area contributed by atoms with E-state index in [9.17, 15) is 9.59 Å². The average Bonchev–Trinajstić information content (AvgIpc) is 3.18. The van der Waals surface area contributed by atoms with Gasteiger partial charge in [-0.2, -0.15) is 0 Å². The summed E-state index contributed by atoms with van der Waals surface area (Å²) in [4.78, 5) is 33.2. The van der Waals surface area contributed by atoms with Crippen LogP contribution in [0.15, 0.2) is 29.3 Å². The van der Waals surface area contributed by atoms with Crippen LogP contribution in [-0.2, 0) is 0 Å². The zero-order chi connectivity index (χ0) is 18.1. The summed E-state index contributed by atoms with van der Waals surface area (Å²) in [7, 11) is 0. The van der Waals surface area contributed by atoms with Gasteiger partial charge in [0.15, 0.2) is 5.96 Å². The summed E-state index contributed by atoms with van der Waals surface area (Å²) in [5.41, 5.74) is 1.51. The molecule has 0 unspecified atom stereocenters. The molecule has 2 heterocycles. The molecule has 1 N–H and O–H groups in total. The molecule has 1 spiro atoms. The van der Waals surface area contributed by atoms with Gasteiger partial charge < -0.3 is 10.2 Å². The fraction of sp³-hybridized carbons (Fsp3) is 0.550. The van der Waals surface area contributed by atoms with Crippen LogP contribution < -0.4 is 5.32 Å². The van der Waals surface area contributed by atoms with Gasteiger partial charge in [0.05, 0.1) is 17.7 Å². The molecule has 1 saturated carbocycles. The zero-order valence-corrected chi connectivity index (χ0v) is 15.3. The van der Waals surface area contributed by atoms with E-state index in [0.717, 1.165) is 25.6 Å². The van der Waals surface area contributed by atoms with Gasteiger partial charge in [-0.3, -0.25) is 19.5 Å². The molecular formula is C20H26N4O2. The molecule has 6 nitrogen and oxygen atoms in total. The number of amides is 2. The van der Waals surface area contributed by atoms with Crippen molar-refractivity contribution in [2.24, 2.45) is 10.4 Å². The average molecular weight is 354 g/mol. The smallest absolute Gasteiger partial charge is 0.261 e. The highest BCUT2D eigenvalue weighted by Crippen LogP contribution is 2.47. The van der Waals surface area contributed by atoms with Crippen molar-refractivity contribution in [3.05, 3.63) is 35.4 Å². The number of imide groups is 1. The minimum atomic E-state index is -0.208. The van der Waals surface area contributed by atoms with Gasteiger partial charge in [0.1, 0.15) is 0 Å². The van der Waals surface area contributed by atoms with Crippen LogP contribution in [0.5, 0.6) is 0 Å². The Bertz CT molecular complexity index is 719. The quantitative estimate of drug-likeness (QED) is 0.511. The Labute approximate surface area is 154 Å². The summed E-state index contributed by atoms with van der Waals surface area (Å²) >= 11 is 0.